The van der Waals surface area contributed by atoms with Gasteiger partial charge in [-0.2, -0.15) is 0 Å². The number of hydrogen-bond donors (Lipinski definition) is 1. The van der Waals surface area contributed by atoms with E-state index in [-0.39, 0.29) is 29.9 Å². The lowest BCUT2D eigenvalue weighted by Gasteiger charge is -2.24. The highest BCUT2D eigenvalue weighted by Gasteiger charge is 2.38. The Bertz CT molecular complexity index is 635. The van der Waals surface area contributed by atoms with Crippen LogP contribution in [-0.2, 0) is 9.59 Å². The summed E-state index contributed by atoms with van der Waals surface area (Å²) in [6.07, 6.45) is 4.69. The normalized spacial score (nSPS) is 21.7. The first kappa shape index (κ1) is 15.7. The Morgan fingerprint density at radius 1 is 1.17 bits per heavy atom. The molecule has 1 aromatic carbocycles. The highest BCUT2D eigenvalue weighted by Crippen LogP contribution is 2.30. The number of ketones is 1. The molecule has 0 aromatic heterocycles. The average molecular weight is 314 g/mol. The number of nitrogens with zero attached hydrogens (tertiary/aromatic N) is 1. The van der Waals surface area contributed by atoms with Crippen LogP contribution in [0.5, 0.6) is 0 Å². The molecule has 1 atom stereocenters. The average Bonchev–Trinajstić information content (AvgIpc) is 3.16. The molecule has 1 N–H and O–H groups in total. The molecule has 1 aliphatic heterocycles. The number of rotatable bonds is 4. The molecule has 2 amide bonds. The zero-order valence-corrected chi connectivity index (χ0v) is 13.4. The maximum atomic E-state index is 12.5. The highest BCUT2D eigenvalue weighted by atomic mass is 16.2. The molecule has 1 saturated heterocycles. The Kier molecular flexibility index (Phi) is 4.46. The SMILES string of the molecule is CC(=O)c1ccccc1NC(=O)[C@@H]1CC(=O)N(C2CCCC2)C1. The van der Waals surface area contributed by atoms with E-state index in [1.54, 1.807) is 24.3 Å². The van der Waals surface area contributed by atoms with Crippen LogP contribution >= 0.6 is 0 Å². The molecule has 5 nitrogen and oxygen atoms in total. The number of Topliss-reactive ketones (excluding diaryl/α,β-unsaturated/α-hetero) is 1. The third-order valence-corrected chi connectivity index (χ3v) is 4.86. The van der Waals surface area contributed by atoms with Gasteiger partial charge < -0.3 is 10.2 Å². The van der Waals surface area contributed by atoms with Crippen LogP contribution in [0.2, 0.25) is 0 Å². The van der Waals surface area contributed by atoms with Crippen molar-refractivity contribution >= 4 is 23.3 Å². The van der Waals surface area contributed by atoms with E-state index in [0.29, 0.717) is 23.8 Å². The molecule has 1 heterocycles. The quantitative estimate of drug-likeness (QED) is 0.869. The van der Waals surface area contributed by atoms with E-state index >= 15 is 0 Å². The maximum absolute atomic E-state index is 12.5. The van der Waals surface area contributed by atoms with Gasteiger partial charge in [0.2, 0.25) is 11.8 Å². The van der Waals surface area contributed by atoms with Gasteiger partial charge in [-0.25, -0.2) is 0 Å². The summed E-state index contributed by atoms with van der Waals surface area (Å²) in [5, 5.41) is 2.83. The van der Waals surface area contributed by atoms with Crippen molar-refractivity contribution in [2.45, 2.75) is 45.1 Å². The minimum atomic E-state index is -0.330. The van der Waals surface area contributed by atoms with Crippen molar-refractivity contribution in [1.29, 1.82) is 0 Å². The Morgan fingerprint density at radius 3 is 2.57 bits per heavy atom. The number of likely N-dealkylation sites (tertiary alicyclic amines) is 1. The fourth-order valence-corrected chi connectivity index (χ4v) is 3.61. The van der Waals surface area contributed by atoms with Crippen molar-refractivity contribution in [3.05, 3.63) is 29.8 Å². The third kappa shape index (κ3) is 3.28. The molecule has 0 unspecified atom stereocenters. The molecule has 1 aliphatic carbocycles. The summed E-state index contributed by atoms with van der Waals surface area (Å²) >= 11 is 0. The van der Waals surface area contributed by atoms with Crippen molar-refractivity contribution in [1.82, 2.24) is 4.90 Å². The lowest BCUT2D eigenvalue weighted by atomic mass is 10.1. The highest BCUT2D eigenvalue weighted by molar-refractivity contribution is 6.05. The molecule has 122 valence electrons. The van der Waals surface area contributed by atoms with Gasteiger partial charge in [0.15, 0.2) is 5.78 Å². The van der Waals surface area contributed by atoms with Crippen molar-refractivity contribution in [3.8, 4) is 0 Å². The van der Waals surface area contributed by atoms with Crippen molar-refractivity contribution in [3.63, 3.8) is 0 Å². The summed E-state index contributed by atoms with van der Waals surface area (Å²) in [7, 11) is 0. The lowest BCUT2D eigenvalue weighted by molar-refractivity contribution is -0.129. The van der Waals surface area contributed by atoms with Crippen LogP contribution in [0.15, 0.2) is 24.3 Å². The Balaban J connectivity index is 1.67. The predicted octanol–water partition coefficient (Wildman–Crippen LogP) is 2.62. The van der Waals surface area contributed by atoms with Crippen LogP contribution in [-0.4, -0.2) is 35.1 Å². The van der Waals surface area contributed by atoms with Crippen LogP contribution in [0, 0.1) is 5.92 Å². The van der Waals surface area contributed by atoms with E-state index in [1.165, 1.54) is 6.92 Å². The van der Waals surface area contributed by atoms with Crippen LogP contribution in [0.1, 0.15) is 49.4 Å². The first-order valence-electron chi connectivity index (χ1n) is 8.26. The molecule has 1 saturated carbocycles. The van der Waals surface area contributed by atoms with Crippen LogP contribution in [0.3, 0.4) is 0 Å². The zero-order chi connectivity index (χ0) is 16.4. The van der Waals surface area contributed by atoms with Gasteiger partial charge in [-0.1, -0.05) is 25.0 Å². The molecule has 0 spiro atoms. The van der Waals surface area contributed by atoms with Crippen molar-refractivity contribution < 1.29 is 14.4 Å². The fourth-order valence-electron chi connectivity index (χ4n) is 3.61. The number of anilines is 1. The van der Waals surface area contributed by atoms with Gasteiger partial charge >= 0.3 is 0 Å². The topological polar surface area (TPSA) is 66.5 Å². The summed E-state index contributed by atoms with van der Waals surface area (Å²) in [5.41, 5.74) is 1.02. The first-order valence-corrected chi connectivity index (χ1v) is 8.26. The Labute approximate surface area is 136 Å². The summed E-state index contributed by atoms with van der Waals surface area (Å²) in [6.45, 7) is 1.98. The molecule has 3 rings (SSSR count). The molecule has 0 radical (unpaired) electrons. The zero-order valence-electron chi connectivity index (χ0n) is 13.4. The second kappa shape index (κ2) is 6.52. The predicted molar refractivity (Wildman–Crippen MR) is 87.2 cm³/mol. The van der Waals surface area contributed by atoms with Gasteiger partial charge in [0.05, 0.1) is 11.6 Å². The van der Waals surface area contributed by atoms with Crippen LogP contribution in [0.25, 0.3) is 0 Å². The number of carbonyl (C=O) groups is 3. The van der Waals surface area contributed by atoms with Gasteiger partial charge in [0.25, 0.3) is 0 Å². The number of nitrogens with one attached hydrogen (secondary N) is 1. The van der Waals surface area contributed by atoms with Gasteiger partial charge in [-0.3, -0.25) is 14.4 Å². The first-order chi connectivity index (χ1) is 11.1. The number of carbonyl (C=O) groups excluding carboxylic acids is 3. The maximum Gasteiger partial charge on any atom is 0.229 e. The Morgan fingerprint density at radius 2 is 1.87 bits per heavy atom. The van der Waals surface area contributed by atoms with E-state index in [1.807, 2.05) is 4.90 Å². The minimum Gasteiger partial charge on any atom is -0.339 e. The number of benzene rings is 1. The third-order valence-electron chi connectivity index (χ3n) is 4.86. The fraction of sp³-hybridized carbons (Fsp3) is 0.500. The summed E-state index contributed by atoms with van der Waals surface area (Å²) in [4.78, 5) is 38.2. The van der Waals surface area contributed by atoms with E-state index < -0.39 is 0 Å². The van der Waals surface area contributed by atoms with E-state index in [9.17, 15) is 14.4 Å². The summed E-state index contributed by atoms with van der Waals surface area (Å²) in [6, 6.07) is 7.28. The number of para-hydroxylation sites is 1. The Hall–Kier alpha value is -2.17. The van der Waals surface area contributed by atoms with Gasteiger partial charge in [0, 0.05) is 24.6 Å². The standard InChI is InChI=1S/C18H22N2O3/c1-12(21)15-8-4-5-9-16(15)19-18(23)13-10-17(22)20(11-13)14-6-2-3-7-14/h4-5,8-9,13-14H,2-3,6-7,10-11H2,1H3,(H,19,23)/t13-/m1/s1. The van der Waals surface area contributed by atoms with Crippen molar-refractivity contribution in [2.75, 3.05) is 11.9 Å². The molecule has 5 heteroatoms. The summed E-state index contributed by atoms with van der Waals surface area (Å²) in [5.74, 6) is -0.511. The van der Waals surface area contributed by atoms with E-state index in [0.717, 1.165) is 25.7 Å². The molecule has 1 aromatic rings. The monoisotopic (exact) mass is 314 g/mol. The second-order valence-electron chi connectivity index (χ2n) is 6.48. The molecule has 2 fully saturated rings. The lowest BCUT2D eigenvalue weighted by Crippen LogP contribution is -2.35. The number of amides is 2. The van der Waals surface area contributed by atoms with Crippen LogP contribution in [0.4, 0.5) is 5.69 Å². The second-order valence-corrected chi connectivity index (χ2v) is 6.48. The van der Waals surface area contributed by atoms with Crippen molar-refractivity contribution in [2.24, 2.45) is 5.92 Å². The smallest absolute Gasteiger partial charge is 0.229 e. The number of hydrogen-bond acceptors (Lipinski definition) is 3. The van der Waals surface area contributed by atoms with Gasteiger partial charge in [-0.05, 0) is 31.9 Å². The molecule has 2 aliphatic rings. The molecule has 23 heavy (non-hydrogen) atoms. The summed E-state index contributed by atoms with van der Waals surface area (Å²) < 4.78 is 0. The molecule has 0 bridgehead atoms. The van der Waals surface area contributed by atoms with Gasteiger partial charge in [0.1, 0.15) is 0 Å². The molecular weight excluding hydrogens is 292 g/mol. The largest absolute Gasteiger partial charge is 0.339 e. The van der Waals surface area contributed by atoms with Gasteiger partial charge in [-0.15, -0.1) is 0 Å². The minimum absolute atomic E-state index is 0.0805. The van der Waals surface area contributed by atoms with E-state index in [2.05, 4.69) is 5.32 Å². The molecular formula is C18H22N2O3. The van der Waals surface area contributed by atoms with Crippen LogP contribution < -0.4 is 5.32 Å². The van der Waals surface area contributed by atoms with E-state index in [4.69, 9.17) is 0 Å².